The Morgan fingerprint density at radius 1 is 1.20 bits per heavy atom. The van der Waals surface area contributed by atoms with E-state index in [0.29, 0.717) is 0 Å². The number of anilines is 1. The largest absolute Gasteiger partial charge is 0.370 e. The molecule has 0 aliphatic carbocycles. The second-order valence-corrected chi connectivity index (χ2v) is 5.17. The Balaban J connectivity index is 2.46. The molecule has 0 spiro atoms. The molecular formula is C14H22N6. The maximum atomic E-state index is 4.59. The zero-order valence-corrected chi connectivity index (χ0v) is 12.8. The van der Waals surface area contributed by atoms with E-state index < -0.39 is 0 Å². The van der Waals surface area contributed by atoms with Gasteiger partial charge in [-0.25, -0.2) is 15.0 Å². The summed E-state index contributed by atoms with van der Waals surface area (Å²) in [7, 11) is 0. The number of aromatic nitrogens is 5. The predicted octanol–water partition coefficient (Wildman–Crippen LogP) is 2.62. The first kappa shape index (κ1) is 14.4. The van der Waals surface area contributed by atoms with Crippen LogP contribution in [0.25, 0.3) is 5.82 Å². The van der Waals surface area contributed by atoms with Crippen molar-refractivity contribution in [3.63, 3.8) is 0 Å². The van der Waals surface area contributed by atoms with Gasteiger partial charge in [0, 0.05) is 18.5 Å². The van der Waals surface area contributed by atoms with Crippen LogP contribution < -0.4 is 5.32 Å². The maximum Gasteiger partial charge on any atom is 0.161 e. The second-order valence-electron chi connectivity index (χ2n) is 5.17. The number of aryl methyl sites for hydroxylation is 2. The molecule has 1 N–H and O–H groups in total. The van der Waals surface area contributed by atoms with E-state index in [1.165, 1.54) is 0 Å². The van der Waals surface area contributed by atoms with Crippen LogP contribution in [0.5, 0.6) is 0 Å². The van der Waals surface area contributed by atoms with Gasteiger partial charge in [-0.2, -0.15) is 4.68 Å². The van der Waals surface area contributed by atoms with Crippen LogP contribution in [-0.2, 0) is 0 Å². The van der Waals surface area contributed by atoms with Crippen molar-refractivity contribution in [2.75, 3.05) is 11.9 Å². The molecule has 0 saturated carbocycles. The Labute approximate surface area is 119 Å². The average Bonchev–Trinajstić information content (AvgIpc) is 2.75. The number of rotatable bonds is 5. The molecule has 0 aliphatic heterocycles. The van der Waals surface area contributed by atoms with Crippen molar-refractivity contribution in [2.45, 2.75) is 47.0 Å². The lowest BCUT2D eigenvalue weighted by molar-refractivity contribution is 0.734. The summed E-state index contributed by atoms with van der Waals surface area (Å²) < 4.78 is 1.76. The van der Waals surface area contributed by atoms with Crippen molar-refractivity contribution in [3.05, 3.63) is 23.5 Å². The molecule has 0 saturated heterocycles. The standard InChI is InChI=1S/C14H22N6/c1-6-7-15-12-8-13(18-14(17-12)9(2)3)20-11(5)16-10(4)19-20/h8-9H,6-7H2,1-5H3,(H,15,17,18). The van der Waals surface area contributed by atoms with Crippen molar-refractivity contribution in [3.8, 4) is 5.82 Å². The van der Waals surface area contributed by atoms with E-state index in [1.54, 1.807) is 4.68 Å². The molecule has 0 aliphatic rings. The van der Waals surface area contributed by atoms with Gasteiger partial charge in [0.05, 0.1) is 0 Å². The minimum Gasteiger partial charge on any atom is -0.370 e. The molecule has 0 amide bonds. The van der Waals surface area contributed by atoms with E-state index in [2.05, 4.69) is 46.1 Å². The minimum absolute atomic E-state index is 0.266. The zero-order chi connectivity index (χ0) is 14.7. The zero-order valence-electron chi connectivity index (χ0n) is 12.8. The molecule has 0 aromatic carbocycles. The number of hydrogen-bond acceptors (Lipinski definition) is 5. The second kappa shape index (κ2) is 5.98. The van der Waals surface area contributed by atoms with Crippen LogP contribution in [0.1, 0.15) is 50.6 Å². The minimum atomic E-state index is 0.266. The fourth-order valence-corrected chi connectivity index (χ4v) is 1.90. The predicted molar refractivity (Wildman–Crippen MR) is 79.3 cm³/mol. The Hall–Kier alpha value is -1.98. The molecule has 2 rings (SSSR count). The third kappa shape index (κ3) is 3.12. The van der Waals surface area contributed by atoms with E-state index >= 15 is 0 Å². The third-order valence-corrected chi connectivity index (χ3v) is 2.89. The monoisotopic (exact) mass is 274 g/mol. The summed E-state index contributed by atoms with van der Waals surface area (Å²) in [6, 6.07) is 1.92. The smallest absolute Gasteiger partial charge is 0.161 e. The summed E-state index contributed by atoms with van der Waals surface area (Å²) in [6.45, 7) is 11.0. The molecule has 0 atom stereocenters. The van der Waals surface area contributed by atoms with Gasteiger partial charge < -0.3 is 5.32 Å². The van der Waals surface area contributed by atoms with Gasteiger partial charge in [-0.15, -0.1) is 5.10 Å². The number of hydrogen-bond donors (Lipinski definition) is 1. The van der Waals surface area contributed by atoms with Crippen LogP contribution in [0, 0.1) is 13.8 Å². The van der Waals surface area contributed by atoms with Gasteiger partial charge in [-0.05, 0) is 20.3 Å². The molecule has 0 bridgehead atoms. The van der Waals surface area contributed by atoms with Gasteiger partial charge in [0.25, 0.3) is 0 Å². The van der Waals surface area contributed by atoms with Gasteiger partial charge in [0.1, 0.15) is 23.3 Å². The van der Waals surface area contributed by atoms with Crippen LogP contribution >= 0.6 is 0 Å². The Kier molecular flexibility index (Phi) is 4.32. The fourth-order valence-electron chi connectivity index (χ4n) is 1.90. The van der Waals surface area contributed by atoms with Crippen molar-refractivity contribution in [1.29, 1.82) is 0 Å². The highest BCUT2D eigenvalue weighted by atomic mass is 15.4. The first-order valence-corrected chi connectivity index (χ1v) is 7.04. The van der Waals surface area contributed by atoms with E-state index in [9.17, 15) is 0 Å². The van der Waals surface area contributed by atoms with E-state index in [1.807, 2.05) is 19.9 Å². The summed E-state index contributed by atoms with van der Waals surface area (Å²) in [6.07, 6.45) is 1.05. The van der Waals surface area contributed by atoms with E-state index in [0.717, 1.165) is 42.1 Å². The first-order valence-electron chi connectivity index (χ1n) is 7.04. The third-order valence-electron chi connectivity index (χ3n) is 2.89. The quantitative estimate of drug-likeness (QED) is 0.907. The molecule has 2 aromatic rings. The van der Waals surface area contributed by atoms with Crippen molar-refractivity contribution < 1.29 is 0 Å². The molecule has 0 radical (unpaired) electrons. The van der Waals surface area contributed by atoms with Crippen molar-refractivity contribution >= 4 is 5.82 Å². The summed E-state index contributed by atoms with van der Waals surface area (Å²) in [4.78, 5) is 13.5. The highest BCUT2D eigenvalue weighted by Crippen LogP contribution is 2.17. The summed E-state index contributed by atoms with van der Waals surface area (Å²) in [5.74, 6) is 4.26. The lowest BCUT2D eigenvalue weighted by Crippen LogP contribution is -2.11. The molecule has 108 valence electrons. The summed E-state index contributed by atoms with van der Waals surface area (Å²) in [5, 5.41) is 7.70. The summed E-state index contributed by atoms with van der Waals surface area (Å²) >= 11 is 0. The molecule has 20 heavy (non-hydrogen) atoms. The van der Waals surface area contributed by atoms with Gasteiger partial charge in [0.2, 0.25) is 0 Å². The lowest BCUT2D eigenvalue weighted by Gasteiger charge is -2.11. The first-order chi connectivity index (χ1) is 9.51. The van der Waals surface area contributed by atoms with E-state index in [4.69, 9.17) is 0 Å². The fraction of sp³-hybridized carbons (Fsp3) is 0.571. The van der Waals surface area contributed by atoms with Crippen LogP contribution in [0.15, 0.2) is 6.07 Å². The van der Waals surface area contributed by atoms with Crippen LogP contribution in [0.4, 0.5) is 5.82 Å². The van der Waals surface area contributed by atoms with Gasteiger partial charge in [-0.1, -0.05) is 20.8 Å². The Morgan fingerprint density at radius 2 is 1.95 bits per heavy atom. The van der Waals surface area contributed by atoms with Crippen LogP contribution in [0.2, 0.25) is 0 Å². The summed E-state index contributed by atoms with van der Waals surface area (Å²) in [5.41, 5.74) is 0. The van der Waals surface area contributed by atoms with Crippen molar-refractivity contribution in [1.82, 2.24) is 24.7 Å². The Bertz CT molecular complexity index is 587. The topological polar surface area (TPSA) is 68.5 Å². The Morgan fingerprint density at radius 3 is 2.50 bits per heavy atom. The molecular weight excluding hydrogens is 252 g/mol. The van der Waals surface area contributed by atoms with Crippen LogP contribution in [0.3, 0.4) is 0 Å². The number of nitrogens with zero attached hydrogens (tertiary/aromatic N) is 5. The average molecular weight is 274 g/mol. The molecule has 0 unspecified atom stereocenters. The molecule has 6 heteroatoms. The molecule has 2 heterocycles. The normalized spacial score (nSPS) is 11.1. The van der Waals surface area contributed by atoms with Gasteiger partial charge in [-0.3, -0.25) is 0 Å². The van der Waals surface area contributed by atoms with Crippen molar-refractivity contribution in [2.24, 2.45) is 0 Å². The number of nitrogens with one attached hydrogen (secondary N) is 1. The highest BCUT2D eigenvalue weighted by molar-refractivity contribution is 5.42. The van der Waals surface area contributed by atoms with Gasteiger partial charge in [0.15, 0.2) is 5.82 Å². The molecule has 6 nitrogen and oxygen atoms in total. The lowest BCUT2D eigenvalue weighted by atomic mass is 10.2. The maximum absolute atomic E-state index is 4.59. The molecule has 0 fully saturated rings. The SMILES string of the molecule is CCCNc1cc(-n2nc(C)nc2C)nc(C(C)C)n1. The molecule has 2 aromatic heterocycles. The van der Waals surface area contributed by atoms with Gasteiger partial charge >= 0.3 is 0 Å². The van der Waals surface area contributed by atoms with Crippen LogP contribution in [-0.4, -0.2) is 31.3 Å². The highest BCUT2D eigenvalue weighted by Gasteiger charge is 2.12. The van der Waals surface area contributed by atoms with E-state index in [-0.39, 0.29) is 5.92 Å².